The Morgan fingerprint density at radius 3 is 2.51 bits per heavy atom. The lowest BCUT2D eigenvalue weighted by Gasteiger charge is -2.34. The Morgan fingerprint density at radius 2 is 1.79 bits per heavy atom. The van der Waals surface area contributed by atoms with E-state index in [4.69, 9.17) is 25.8 Å². The van der Waals surface area contributed by atoms with Gasteiger partial charge in [0.2, 0.25) is 5.91 Å². The lowest BCUT2D eigenvalue weighted by Crippen LogP contribution is -2.44. The normalized spacial score (nSPS) is 21.7. The van der Waals surface area contributed by atoms with Gasteiger partial charge < -0.3 is 29.1 Å². The summed E-state index contributed by atoms with van der Waals surface area (Å²) < 4.78 is 18.8. The van der Waals surface area contributed by atoms with Gasteiger partial charge >= 0.3 is 5.97 Å². The average Bonchev–Trinajstić information content (AvgIpc) is 3.03. The largest absolute Gasteiger partial charge is 0.486 e. The molecule has 1 saturated heterocycles. The van der Waals surface area contributed by atoms with Crippen molar-refractivity contribution in [2.45, 2.75) is 52.2 Å². The van der Waals surface area contributed by atoms with Crippen LogP contribution < -0.4 is 14.4 Å². The summed E-state index contributed by atoms with van der Waals surface area (Å²) in [7, 11) is 0. The van der Waals surface area contributed by atoms with Gasteiger partial charge in [0.25, 0.3) is 0 Å². The predicted octanol–water partition coefficient (Wildman–Crippen LogP) is 5.17. The van der Waals surface area contributed by atoms with E-state index in [0.29, 0.717) is 62.2 Å². The lowest BCUT2D eigenvalue weighted by molar-refractivity contribution is -0.146. The zero-order valence-electron chi connectivity index (χ0n) is 22.8. The molecule has 0 radical (unpaired) electrons. The van der Waals surface area contributed by atoms with Crippen molar-refractivity contribution in [1.82, 2.24) is 4.90 Å². The van der Waals surface area contributed by atoms with Crippen molar-refractivity contribution in [3.05, 3.63) is 52.5 Å². The van der Waals surface area contributed by atoms with Crippen molar-refractivity contribution in [3.8, 4) is 11.5 Å². The Hall–Kier alpha value is -2.97. The molecular formula is C30H37ClN2O6. The summed E-state index contributed by atoms with van der Waals surface area (Å²) >= 11 is 6.53. The number of rotatable bonds is 5. The molecule has 5 rings (SSSR count). The molecule has 9 heteroatoms. The second-order valence-corrected chi connectivity index (χ2v) is 12.3. The van der Waals surface area contributed by atoms with Crippen molar-refractivity contribution in [2.24, 2.45) is 11.3 Å². The van der Waals surface area contributed by atoms with Crippen LogP contribution in [-0.4, -0.2) is 67.4 Å². The molecule has 8 nitrogen and oxygen atoms in total. The maximum absolute atomic E-state index is 13.5. The number of halogens is 1. The number of hydrogen-bond donors (Lipinski definition) is 1. The molecule has 1 N–H and O–H groups in total. The number of amides is 1. The number of carboxylic acid groups (broad SMARTS) is 1. The van der Waals surface area contributed by atoms with E-state index in [1.807, 2.05) is 36.4 Å². The molecule has 0 spiro atoms. The summed E-state index contributed by atoms with van der Waals surface area (Å²) in [5.74, 6) is 0.140. The van der Waals surface area contributed by atoms with Crippen LogP contribution in [0.1, 0.15) is 57.3 Å². The van der Waals surface area contributed by atoms with E-state index in [1.54, 1.807) is 4.90 Å². The van der Waals surface area contributed by atoms with E-state index in [0.717, 1.165) is 23.4 Å². The molecule has 1 amide bonds. The molecule has 2 aromatic rings. The number of carbonyl (C=O) groups excluding carboxylic acids is 1. The topological polar surface area (TPSA) is 88.5 Å². The molecule has 3 aliphatic heterocycles. The molecule has 3 heterocycles. The third kappa shape index (κ3) is 6.28. The summed E-state index contributed by atoms with van der Waals surface area (Å²) in [5, 5.41) is 9.95. The van der Waals surface area contributed by atoms with Gasteiger partial charge in [0.05, 0.1) is 18.4 Å². The van der Waals surface area contributed by atoms with Gasteiger partial charge in [0.1, 0.15) is 19.3 Å². The maximum Gasteiger partial charge on any atom is 0.306 e. The first kappa shape index (κ1) is 27.6. The number of benzene rings is 2. The van der Waals surface area contributed by atoms with E-state index in [2.05, 4.69) is 25.7 Å². The molecule has 0 unspecified atom stereocenters. The fourth-order valence-electron chi connectivity index (χ4n) is 5.75. The molecule has 0 saturated carbocycles. The van der Waals surface area contributed by atoms with Crippen LogP contribution in [0.15, 0.2) is 36.4 Å². The van der Waals surface area contributed by atoms with Crippen LogP contribution in [0.25, 0.3) is 0 Å². The quantitative estimate of drug-likeness (QED) is 0.544. The van der Waals surface area contributed by atoms with Crippen molar-refractivity contribution in [1.29, 1.82) is 0 Å². The summed E-state index contributed by atoms with van der Waals surface area (Å²) in [6.45, 7) is 9.70. The number of piperidine rings is 1. The van der Waals surface area contributed by atoms with Gasteiger partial charge in [0, 0.05) is 48.0 Å². The second-order valence-electron chi connectivity index (χ2n) is 11.9. The molecular weight excluding hydrogens is 520 g/mol. The highest BCUT2D eigenvalue weighted by Crippen LogP contribution is 2.46. The minimum absolute atomic E-state index is 0.00707. The highest BCUT2D eigenvalue weighted by atomic mass is 35.5. The number of para-hydroxylation sites is 1. The van der Waals surface area contributed by atoms with Gasteiger partial charge in [-0.15, -0.1) is 0 Å². The third-order valence-corrected chi connectivity index (χ3v) is 7.74. The number of ether oxygens (including phenoxy) is 3. The summed E-state index contributed by atoms with van der Waals surface area (Å²) in [4.78, 5) is 28.9. The van der Waals surface area contributed by atoms with Crippen molar-refractivity contribution in [3.63, 3.8) is 0 Å². The van der Waals surface area contributed by atoms with E-state index in [-0.39, 0.29) is 23.7 Å². The Kier molecular flexibility index (Phi) is 7.96. The van der Waals surface area contributed by atoms with Crippen LogP contribution in [0.2, 0.25) is 5.02 Å². The second kappa shape index (κ2) is 11.3. The fourth-order valence-corrected chi connectivity index (χ4v) is 5.94. The van der Waals surface area contributed by atoms with Crippen molar-refractivity contribution >= 4 is 29.2 Å². The first-order valence-corrected chi connectivity index (χ1v) is 14.1. The number of aliphatic carboxylic acids is 1. The van der Waals surface area contributed by atoms with E-state index < -0.39 is 18.2 Å². The van der Waals surface area contributed by atoms with E-state index >= 15 is 0 Å². The standard InChI is InChI=1S/C30H37ClN2O6/c1-30(2,3)18-33-17-21(16-26(34)32-11-9-19(10-12-32)29(35)36)39-27(23-15-20(31)7-8-24(23)33)22-5-4-6-25-28(22)38-14-13-37-25/h4-8,15,19,21,27H,9-14,16-18H2,1-3H3,(H,35,36)/t21-,27-/m0/s1. The molecule has 0 bridgehead atoms. The number of likely N-dealkylation sites (tertiary alicyclic amines) is 1. The zero-order chi connectivity index (χ0) is 27.7. The molecule has 2 aromatic carbocycles. The van der Waals surface area contributed by atoms with Gasteiger partial charge in [-0.2, -0.15) is 0 Å². The number of carboxylic acids is 1. The number of fused-ring (bicyclic) bond motifs is 2. The SMILES string of the molecule is CC(C)(C)CN1C[C@H](CC(=O)N2CCC(C(=O)O)CC2)O[C@@H](c2cccc3c2OCCO3)c2cc(Cl)ccc21. The molecule has 1 fully saturated rings. The predicted molar refractivity (Wildman–Crippen MR) is 149 cm³/mol. The Labute approximate surface area is 234 Å². The highest BCUT2D eigenvalue weighted by molar-refractivity contribution is 6.30. The van der Waals surface area contributed by atoms with Gasteiger partial charge in [0.15, 0.2) is 11.5 Å². The number of carbonyl (C=O) groups is 2. The van der Waals surface area contributed by atoms with Crippen LogP contribution in [-0.2, 0) is 14.3 Å². The number of anilines is 1. The first-order chi connectivity index (χ1) is 18.6. The third-order valence-electron chi connectivity index (χ3n) is 7.51. The van der Waals surface area contributed by atoms with Gasteiger partial charge in [-0.1, -0.05) is 44.5 Å². The van der Waals surface area contributed by atoms with Crippen LogP contribution in [0.4, 0.5) is 5.69 Å². The Balaban J connectivity index is 1.49. The van der Waals surface area contributed by atoms with Crippen LogP contribution in [0, 0.1) is 11.3 Å². The maximum atomic E-state index is 13.5. The molecule has 39 heavy (non-hydrogen) atoms. The van der Waals surface area contributed by atoms with Crippen LogP contribution >= 0.6 is 11.6 Å². The molecule has 0 aromatic heterocycles. The molecule has 2 atom stereocenters. The zero-order valence-corrected chi connectivity index (χ0v) is 23.6. The monoisotopic (exact) mass is 556 g/mol. The van der Waals surface area contributed by atoms with Crippen LogP contribution in [0.3, 0.4) is 0 Å². The lowest BCUT2D eigenvalue weighted by atomic mass is 9.94. The number of hydrogen-bond acceptors (Lipinski definition) is 6. The average molecular weight is 557 g/mol. The summed E-state index contributed by atoms with van der Waals surface area (Å²) in [6.07, 6.45) is 0.221. The fraction of sp³-hybridized carbons (Fsp3) is 0.533. The van der Waals surface area contributed by atoms with Gasteiger partial charge in [-0.05, 0) is 42.5 Å². The first-order valence-electron chi connectivity index (χ1n) is 13.7. The molecule has 210 valence electrons. The van der Waals surface area contributed by atoms with E-state index in [9.17, 15) is 14.7 Å². The van der Waals surface area contributed by atoms with Gasteiger partial charge in [-0.25, -0.2) is 0 Å². The minimum Gasteiger partial charge on any atom is -0.486 e. The Bertz CT molecular complexity index is 1220. The summed E-state index contributed by atoms with van der Waals surface area (Å²) in [6, 6.07) is 11.7. The smallest absolute Gasteiger partial charge is 0.306 e. The van der Waals surface area contributed by atoms with Crippen molar-refractivity contribution < 1.29 is 28.9 Å². The van der Waals surface area contributed by atoms with E-state index in [1.165, 1.54) is 0 Å². The molecule has 0 aliphatic carbocycles. The highest BCUT2D eigenvalue weighted by Gasteiger charge is 2.36. The minimum atomic E-state index is -0.788. The molecule has 3 aliphatic rings. The van der Waals surface area contributed by atoms with Crippen LogP contribution in [0.5, 0.6) is 11.5 Å². The number of nitrogens with zero attached hydrogens (tertiary/aromatic N) is 2. The Morgan fingerprint density at radius 1 is 1.05 bits per heavy atom. The summed E-state index contributed by atoms with van der Waals surface area (Å²) in [5.41, 5.74) is 2.78. The van der Waals surface area contributed by atoms with Gasteiger partial charge in [-0.3, -0.25) is 9.59 Å². The van der Waals surface area contributed by atoms with Crippen molar-refractivity contribution in [2.75, 3.05) is 44.3 Å².